The number of esters is 1. The number of ether oxygens (including phenoxy) is 1. The summed E-state index contributed by atoms with van der Waals surface area (Å²) >= 11 is 12.8. The molecule has 3 heterocycles. The number of anilines is 1. The Kier molecular flexibility index (Phi) is 5.03. The van der Waals surface area contributed by atoms with Crippen LogP contribution in [0.25, 0.3) is 11.3 Å². The second-order valence-corrected chi connectivity index (χ2v) is 6.42. The van der Waals surface area contributed by atoms with E-state index in [0.29, 0.717) is 22.1 Å². The molecule has 1 amide bonds. The van der Waals surface area contributed by atoms with Gasteiger partial charge in [0.15, 0.2) is 5.13 Å². The molecule has 0 aliphatic carbocycles. The normalized spacial score (nSPS) is 10.5. The maximum absolute atomic E-state index is 12.2. The molecule has 2 N–H and O–H groups in total. The largest absolute Gasteiger partial charge is 0.464 e. The molecule has 0 aliphatic rings. The third kappa shape index (κ3) is 3.98. The summed E-state index contributed by atoms with van der Waals surface area (Å²) in [5.74, 6) is -0.877. The van der Waals surface area contributed by atoms with Gasteiger partial charge in [0.2, 0.25) is 0 Å². The van der Waals surface area contributed by atoms with E-state index in [1.165, 1.54) is 30.6 Å². The first-order valence-corrected chi connectivity index (χ1v) is 8.47. The van der Waals surface area contributed by atoms with Gasteiger partial charge in [-0.3, -0.25) is 10.1 Å². The molecular formula is C15H10Cl2N4O3S. The van der Waals surface area contributed by atoms with E-state index in [4.69, 9.17) is 23.2 Å². The maximum atomic E-state index is 12.2. The van der Waals surface area contributed by atoms with Gasteiger partial charge >= 0.3 is 5.97 Å². The fourth-order valence-electron chi connectivity index (χ4n) is 2.00. The number of carbonyl (C=O) groups excluding carboxylic acids is 2. The van der Waals surface area contributed by atoms with Crippen LogP contribution in [0.1, 0.15) is 20.8 Å². The molecule has 0 unspecified atom stereocenters. The number of carbonyl (C=O) groups is 2. The van der Waals surface area contributed by atoms with Crippen LogP contribution >= 0.6 is 34.5 Å². The minimum Gasteiger partial charge on any atom is -0.464 e. The van der Waals surface area contributed by atoms with E-state index < -0.39 is 11.9 Å². The lowest BCUT2D eigenvalue weighted by molar-refractivity contribution is 0.0594. The maximum Gasteiger partial charge on any atom is 0.354 e. The fraction of sp³-hybridized carbons (Fsp3) is 0.0667. The van der Waals surface area contributed by atoms with E-state index in [0.717, 1.165) is 0 Å². The molecule has 0 aromatic carbocycles. The third-order valence-electron chi connectivity index (χ3n) is 3.13. The molecule has 128 valence electrons. The molecule has 25 heavy (non-hydrogen) atoms. The number of rotatable bonds is 4. The highest BCUT2D eigenvalue weighted by atomic mass is 35.5. The molecule has 0 aliphatic heterocycles. The van der Waals surface area contributed by atoms with Gasteiger partial charge in [-0.05, 0) is 18.2 Å². The van der Waals surface area contributed by atoms with Crippen molar-refractivity contribution in [2.24, 2.45) is 0 Å². The van der Waals surface area contributed by atoms with Crippen molar-refractivity contribution in [1.82, 2.24) is 15.0 Å². The lowest BCUT2D eigenvalue weighted by Gasteiger charge is -2.02. The standard InChI is InChI=1S/C15H10Cl2N4O3S/c1-24-14(23)9-2-8(5-18-9)10-6-25-15(19-10)21-13(22)7-3-11(16)20-12(17)4-7/h2-6,18H,1H3,(H,19,21,22). The molecule has 3 rings (SSSR count). The molecule has 0 atom stereocenters. The van der Waals surface area contributed by atoms with Crippen LogP contribution in [0.2, 0.25) is 10.3 Å². The first-order valence-electron chi connectivity index (χ1n) is 6.83. The van der Waals surface area contributed by atoms with E-state index in [1.807, 2.05) is 0 Å². The van der Waals surface area contributed by atoms with Crippen LogP contribution in [0.3, 0.4) is 0 Å². The number of nitrogens with one attached hydrogen (secondary N) is 2. The van der Waals surface area contributed by atoms with Crippen molar-refractivity contribution in [3.63, 3.8) is 0 Å². The monoisotopic (exact) mass is 396 g/mol. The molecule has 10 heteroatoms. The van der Waals surface area contributed by atoms with Gasteiger partial charge < -0.3 is 9.72 Å². The second kappa shape index (κ2) is 7.22. The summed E-state index contributed by atoms with van der Waals surface area (Å²) < 4.78 is 4.64. The molecule has 7 nitrogen and oxygen atoms in total. The molecule has 3 aromatic heterocycles. The number of H-pyrrole nitrogens is 1. The lowest BCUT2D eigenvalue weighted by Crippen LogP contribution is -2.12. The SMILES string of the molecule is COC(=O)c1cc(-c2csc(NC(=O)c3cc(Cl)nc(Cl)c3)n2)c[nH]1. The number of thiazole rings is 1. The highest BCUT2D eigenvalue weighted by Gasteiger charge is 2.14. The Morgan fingerprint density at radius 3 is 2.60 bits per heavy atom. The van der Waals surface area contributed by atoms with E-state index in [2.05, 4.69) is 25.0 Å². The van der Waals surface area contributed by atoms with Crippen molar-refractivity contribution in [1.29, 1.82) is 0 Å². The van der Waals surface area contributed by atoms with Crippen molar-refractivity contribution >= 4 is 51.5 Å². The second-order valence-electron chi connectivity index (χ2n) is 4.79. The predicted molar refractivity (Wildman–Crippen MR) is 95.5 cm³/mol. The zero-order chi connectivity index (χ0) is 18.0. The van der Waals surface area contributed by atoms with E-state index in [1.54, 1.807) is 17.6 Å². The molecule has 3 aromatic rings. The zero-order valence-electron chi connectivity index (χ0n) is 12.7. The number of pyridine rings is 1. The Labute approximate surface area is 156 Å². The van der Waals surface area contributed by atoms with Gasteiger partial charge in [-0.2, -0.15) is 0 Å². The van der Waals surface area contributed by atoms with Gasteiger partial charge in [0.25, 0.3) is 5.91 Å². The van der Waals surface area contributed by atoms with Crippen molar-refractivity contribution in [3.8, 4) is 11.3 Å². The van der Waals surface area contributed by atoms with E-state index in [-0.39, 0.29) is 15.9 Å². The Balaban J connectivity index is 1.76. The third-order valence-corrected chi connectivity index (χ3v) is 4.28. The summed E-state index contributed by atoms with van der Waals surface area (Å²) in [5.41, 5.74) is 1.90. The van der Waals surface area contributed by atoms with Gasteiger partial charge in [-0.1, -0.05) is 23.2 Å². The number of hydrogen-bond acceptors (Lipinski definition) is 6. The summed E-state index contributed by atoms with van der Waals surface area (Å²) in [4.78, 5) is 34.6. The molecule has 0 saturated carbocycles. The van der Waals surface area contributed by atoms with Crippen LogP contribution < -0.4 is 5.32 Å². The Bertz CT molecular complexity index is 934. The van der Waals surface area contributed by atoms with Gasteiger partial charge in [-0.25, -0.2) is 14.8 Å². The smallest absolute Gasteiger partial charge is 0.354 e. The average molecular weight is 397 g/mol. The van der Waals surface area contributed by atoms with Crippen LogP contribution in [0.15, 0.2) is 29.8 Å². The first kappa shape index (κ1) is 17.4. The number of halogens is 2. The molecule has 0 radical (unpaired) electrons. The number of aromatic amines is 1. The zero-order valence-corrected chi connectivity index (χ0v) is 15.0. The highest BCUT2D eigenvalue weighted by Crippen LogP contribution is 2.26. The van der Waals surface area contributed by atoms with Gasteiger partial charge in [-0.15, -0.1) is 11.3 Å². The number of aromatic nitrogens is 3. The van der Waals surface area contributed by atoms with Crippen molar-refractivity contribution in [2.45, 2.75) is 0 Å². The minimum atomic E-state index is -0.471. The quantitative estimate of drug-likeness (QED) is 0.515. The summed E-state index contributed by atoms with van der Waals surface area (Å²) in [5, 5.41) is 5.07. The van der Waals surface area contributed by atoms with E-state index in [9.17, 15) is 9.59 Å². The number of nitrogens with zero attached hydrogens (tertiary/aromatic N) is 2. The molecule has 0 spiro atoms. The fourth-order valence-corrected chi connectivity index (χ4v) is 3.17. The molecule has 0 saturated heterocycles. The van der Waals surface area contributed by atoms with Crippen LogP contribution in [-0.2, 0) is 4.74 Å². The number of amides is 1. The number of methoxy groups -OCH3 is 1. The van der Waals surface area contributed by atoms with Crippen LogP contribution in [0.4, 0.5) is 5.13 Å². The molecular weight excluding hydrogens is 387 g/mol. The van der Waals surface area contributed by atoms with Crippen LogP contribution in [0.5, 0.6) is 0 Å². The van der Waals surface area contributed by atoms with Gasteiger partial charge in [0.1, 0.15) is 16.0 Å². The number of hydrogen-bond donors (Lipinski definition) is 2. The Morgan fingerprint density at radius 1 is 1.20 bits per heavy atom. The lowest BCUT2D eigenvalue weighted by atomic mass is 10.2. The topological polar surface area (TPSA) is 97.0 Å². The summed E-state index contributed by atoms with van der Waals surface area (Å²) in [6.07, 6.45) is 1.63. The van der Waals surface area contributed by atoms with Crippen molar-refractivity contribution < 1.29 is 14.3 Å². The Morgan fingerprint density at radius 2 is 1.92 bits per heavy atom. The molecule has 0 fully saturated rings. The van der Waals surface area contributed by atoms with Gasteiger partial charge in [0.05, 0.1) is 12.8 Å². The average Bonchev–Trinajstić information content (AvgIpc) is 3.22. The predicted octanol–water partition coefficient (Wildman–Crippen LogP) is 3.88. The summed E-state index contributed by atoms with van der Waals surface area (Å²) in [6.45, 7) is 0. The molecule has 0 bridgehead atoms. The van der Waals surface area contributed by atoms with Crippen LogP contribution in [-0.4, -0.2) is 33.9 Å². The minimum absolute atomic E-state index is 0.125. The van der Waals surface area contributed by atoms with Gasteiger partial charge in [0, 0.05) is 22.7 Å². The van der Waals surface area contributed by atoms with Crippen LogP contribution in [0, 0.1) is 0 Å². The van der Waals surface area contributed by atoms with Crippen molar-refractivity contribution in [3.05, 3.63) is 51.3 Å². The summed E-state index contributed by atoms with van der Waals surface area (Å²) in [6, 6.07) is 4.44. The highest BCUT2D eigenvalue weighted by molar-refractivity contribution is 7.14. The van der Waals surface area contributed by atoms with E-state index >= 15 is 0 Å². The Hall–Kier alpha value is -2.42. The first-order chi connectivity index (χ1) is 12.0. The van der Waals surface area contributed by atoms with Crippen molar-refractivity contribution in [2.75, 3.05) is 12.4 Å². The summed E-state index contributed by atoms with van der Waals surface area (Å²) in [7, 11) is 1.30.